The fraction of sp³-hybridized carbons (Fsp3) is 0.333. The Bertz CT molecular complexity index is 925. The van der Waals surface area contributed by atoms with E-state index in [9.17, 15) is 4.79 Å². The molecule has 2 aromatic carbocycles. The highest BCUT2D eigenvalue weighted by molar-refractivity contribution is 6.30. The van der Waals surface area contributed by atoms with Crippen molar-refractivity contribution in [2.75, 3.05) is 6.61 Å². The Labute approximate surface area is 175 Å². The zero-order valence-electron chi connectivity index (χ0n) is 16.5. The summed E-state index contributed by atoms with van der Waals surface area (Å²) in [5, 5.41) is 16.1. The molecular formula is C21H24ClN5O2. The lowest BCUT2D eigenvalue weighted by molar-refractivity contribution is -0.125. The predicted octanol–water partition coefficient (Wildman–Crippen LogP) is 3.80. The van der Waals surface area contributed by atoms with Gasteiger partial charge in [0.25, 0.3) is 0 Å². The molecule has 3 aromatic rings. The zero-order chi connectivity index (χ0) is 20.6. The number of hydrogen-bond donors (Lipinski definition) is 1. The predicted molar refractivity (Wildman–Crippen MR) is 111 cm³/mol. The van der Waals surface area contributed by atoms with Gasteiger partial charge in [-0.25, -0.2) is 0 Å². The van der Waals surface area contributed by atoms with Crippen LogP contribution in [0.1, 0.15) is 37.4 Å². The average Bonchev–Trinajstić information content (AvgIpc) is 3.22. The Balaban J connectivity index is 1.61. The largest absolute Gasteiger partial charge is 0.377 e. The number of carbonyl (C=O) groups excluding carboxylic acids is 1. The van der Waals surface area contributed by atoms with E-state index in [4.69, 9.17) is 16.3 Å². The fourth-order valence-corrected chi connectivity index (χ4v) is 2.93. The molecule has 0 saturated carbocycles. The van der Waals surface area contributed by atoms with Crippen molar-refractivity contribution in [3.63, 3.8) is 0 Å². The normalized spacial score (nSPS) is 12.0. The van der Waals surface area contributed by atoms with Gasteiger partial charge in [0.2, 0.25) is 11.7 Å². The lowest BCUT2D eigenvalue weighted by Crippen LogP contribution is -2.33. The number of nitrogens with one attached hydrogen (secondary N) is 1. The van der Waals surface area contributed by atoms with Gasteiger partial charge >= 0.3 is 0 Å². The third-order valence-corrected chi connectivity index (χ3v) is 4.71. The van der Waals surface area contributed by atoms with Crippen LogP contribution in [-0.2, 0) is 22.7 Å². The van der Waals surface area contributed by atoms with Crippen LogP contribution in [0, 0.1) is 0 Å². The number of benzene rings is 2. The van der Waals surface area contributed by atoms with E-state index in [2.05, 4.69) is 20.7 Å². The Morgan fingerprint density at radius 3 is 2.45 bits per heavy atom. The summed E-state index contributed by atoms with van der Waals surface area (Å²) >= 11 is 5.91. The molecule has 1 heterocycles. The maximum atomic E-state index is 12.7. The van der Waals surface area contributed by atoms with E-state index in [1.807, 2.05) is 50.2 Å². The van der Waals surface area contributed by atoms with Crippen LogP contribution in [0.2, 0.25) is 5.02 Å². The van der Waals surface area contributed by atoms with E-state index in [-0.39, 0.29) is 5.91 Å². The van der Waals surface area contributed by atoms with E-state index >= 15 is 0 Å². The van der Waals surface area contributed by atoms with Crippen molar-refractivity contribution < 1.29 is 9.53 Å². The van der Waals surface area contributed by atoms with Crippen LogP contribution < -0.4 is 5.32 Å². The van der Waals surface area contributed by atoms with Gasteiger partial charge in [0.05, 0.1) is 6.61 Å². The molecule has 1 atom stereocenters. The van der Waals surface area contributed by atoms with Crippen molar-refractivity contribution in [1.82, 2.24) is 25.5 Å². The molecule has 0 spiro atoms. The van der Waals surface area contributed by atoms with Crippen LogP contribution in [0.5, 0.6) is 0 Å². The minimum atomic E-state index is -0.527. The van der Waals surface area contributed by atoms with Gasteiger partial charge in [-0.3, -0.25) is 4.79 Å². The second-order valence-electron chi connectivity index (χ2n) is 6.54. The molecule has 29 heavy (non-hydrogen) atoms. The number of tetrazole rings is 1. The molecule has 8 heteroatoms. The van der Waals surface area contributed by atoms with E-state index in [1.165, 1.54) is 4.80 Å². The van der Waals surface area contributed by atoms with Gasteiger partial charge in [-0.1, -0.05) is 42.8 Å². The van der Waals surface area contributed by atoms with Gasteiger partial charge in [0.15, 0.2) is 6.04 Å². The second-order valence-corrected chi connectivity index (χ2v) is 6.97. The van der Waals surface area contributed by atoms with Crippen LogP contribution in [0.4, 0.5) is 0 Å². The number of hydrogen-bond acceptors (Lipinski definition) is 5. The van der Waals surface area contributed by atoms with Crippen molar-refractivity contribution in [2.24, 2.45) is 0 Å². The molecule has 1 aromatic heterocycles. The first-order valence-electron chi connectivity index (χ1n) is 9.59. The summed E-state index contributed by atoms with van der Waals surface area (Å²) < 4.78 is 5.39. The second kappa shape index (κ2) is 10.1. The van der Waals surface area contributed by atoms with Crippen LogP contribution in [0.3, 0.4) is 0 Å². The highest BCUT2D eigenvalue weighted by Gasteiger charge is 2.21. The van der Waals surface area contributed by atoms with Crippen LogP contribution in [0.25, 0.3) is 11.4 Å². The number of nitrogens with zero attached hydrogens (tertiary/aromatic N) is 4. The summed E-state index contributed by atoms with van der Waals surface area (Å²) in [7, 11) is 0. The molecule has 1 unspecified atom stereocenters. The molecular weight excluding hydrogens is 390 g/mol. The molecule has 1 amide bonds. The Hall–Kier alpha value is -2.77. The molecule has 3 rings (SSSR count). The minimum Gasteiger partial charge on any atom is -0.377 e. The molecule has 0 aliphatic rings. The third kappa shape index (κ3) is 5.62. The van der Waals surface area contributed by atoms with E-state index in [1.54, 1.807) is 12.1 Å². The Kier molecular flexibility index (Phi) is 7.32. The summed E-state index contributed by atoms with van der Waals surface area (Å²) in [5.41, 5.74) is 2.92. The maximum Gasteiger partial charge on any atom is 0.247 e. The number of amides is 1. The van der Waals surface area contributed by atoms with Gasteiger partial charge in [0, 0.05) is 23.7 Å². The molecule has 0 saturated heterocycles. The molecule has 0 aliphatic heterocycles. The lowest BCUT2D eigenvalue weighted by atomic mass is 10.1. The number of rotatable bonds is 9. The highest BCUT2D eigenvalue weighted by Crippen LogP contribution is 2.18. The highest BCUT2D eigenvalue weighted by atomic mass is 35.5. The fourth-order valence-electron chi connectivity index (χ4n) is 2.81. The average molecular weight is 414 g/mol. The van der Waals surface area contributed by atoms with E-state index in [0.717, 1.165) is 16.7 Å². The van der Waals surface area contributed by atoms with Crippen molar-refractivity contribution in [1.29, 1.82) is 0 Å². The zero-order valence-corrected chi connectivity index (χ0v) is 17.3. The van der Waals surface area contributed by atoms with Crippen LogP contribution >= 0.6 is 11.6 Å². The van der Waals surface area contributed by atoms with Crippen molar-refractivity contribution in [2.45, 2.75) is 39.5 Å². The molecule has 7 nitrogen and oxygen atoms in total. The molecule has 1 N–H and O–H groups in total. The SMILES string of the molecule is CCOCc1ccc(CNC(=O)C(CC)n2nnc(-c3ccc(Cl)cc3)n2)cc1. The number of ether oxygens (including phenoxy) is 1. The van der Waals surface area contributed by atoms with Crippen molar-refractivity contribution in [3.05, 3.63) is 64.7 Å². The summed E-state index contributed by atoms with van der Waals surface area (Å²) in [4.78, 5) is 14.0. The molecule has 0 aliphatic carbocycles. The van der Waals surface area contributed by atoms with Crippen molar-refractivity contribution >= 4 is 17.5 Å². The third-order valence-electron chi connectivity index (χ3n) is 4.46. The topological polar surface area (TPSA) is 81.9 Å². The minimum absolute atomic E-state index is 0.147. The number of carbonyl (C=O) groups is 1. The lowest BCUT2D eigenvalue weighted by Gasteiger charge is -2.13. The first-order chi connectivity index (χ1) is 14.1. The first kappa shape index (κ1) is 21.0. The number of aromatic nitrogens is 4. The van der Waals surface area contributed by atoms with Crippen molar-refractivity contribution in [3.8, 4) is 11.4 Å². The molecule has 0 radical (unpaired) electrons. The van der Waals surface area contributed by atoms with Gasteiger partial charge < -0.3 is 10.1 Å². The van der Waals surface area contributed by atoms with Gasteiger partial charge in [-0.2, -0.15) is 4.80 Å². The summed E-state index contributed by atoms with van der Waals surface area (Å²) in [6, 6.07) is 14.6. The molecule has 0 bridgehead atoms. The summed E-state index contributed by atoms with van der Waals surface area (Å²) in [6.07, 6.45) is 0.551. The van der Waals surface area contributed by atoms with E-state index in [0.29, 0.717) is 37.0 Å². The Morgan fingerprint density at radius 1 is 1.10 bits per heavy atom. The van der Waals surface area contributed by atoms with Gasteiger partial charge in [-0.15, -0.1) is 10.2 Å². The van der Waals surface area contributed by atoms with Crippen LogP contribution in [0.15, 0.2) is 48.5 Å². The summed E-state index contributed by atoms with van der Waals surface area (Å²) in [5.74, 6) is 0.309. The smallest absolute Gasteiger partial charge is 0.247 e. The molecule has 0 fully saturated rings. The number of halogens is 1. The standard InChI is InChI=1S/C21H24ClN5O2/c1-3-19(27-25-20(24-26-27)17-9-11-18(22)12-10-17)21(28)23-13-15-5-7-16(8-6-15)14-29-4-2/h5-12,19H,3-4,13-14H2,1-2H3,(H,23,28). The van der Waals surface area contributed by atoms with Crippen LogP contribution in [-0.4, -0.2) is 32.7 Å². The monoisotopic (exact) mass is 413 g/mol. The van der Waals surface area contributed by atoms with E-state index < -0.39 is 6.04 Å². The first-order valence-corrected chi connectivity index (χ1v) is 9.97. The van der Waals surface area contributed by atoms with Gasteiger partial charge in [0.1, 0.15) is 0 Å². The Morgan fingerprint density at radius 2 is 1.79 bits per heavy atom. The quantitative estimate of drug-likeness (QED) is 0.577. The summed E-state index contributed by atoms with van der Waals surface area (Å²) in [6.45, 7) is 5.60. The molecule has 152 valence electrons. The van der Waals surface area contributed by atoms with Gasteiger partial charge in [-0.05, 0) is 54.0 Å². The maximum absolute atomic E-state index is 12.7.